The van der Waals surface area contributed by atoms with Gasteiger partial charge >= 0.3 is 0 Å². The Hall–Kier alpha value is -2.21. The van der Waals surface area contributed by atoms with Gasteiger partial charge in [-0.2, -0.15) is 0 Å². The van der Waals surface area contributed by atoms with Crippen LogP contribution in [0.15, 0.2) is 30.3 Å². The minimum absolute atomic E-state index is 0.0949. The van der Waals surface area contributed by atoms with E-state index in [1.807, 2.05) is 30.3 Å². The third kappa shape index (κ3) is 3.62. The van der Waals surface area contributed by atoms with Crippen molar-refractivity contribution in [2.24, 2.45) is 0 Å². The Bertz CT molecular complexity index is 471. The van der Waals surface area contributed by atoms with Crippen LogP contribution < -0.4 is 10.6 Å². The maximum atomic E-state index is 11.7. The number of rotatable bonds is 4. The Morgan fingerprint density at radius 1 is 1.16 bits per heavy atom. The molecule has 0 unspecified atom stereocenters. The standard InChI is InChI=1S/C13H15N3O3/c17-11(15-6-10-4-2-1-3-5-10)9-16-12(18)7-14-8-13(16)19/h1-5,14H,6-9H2,(H,15,17). The van der Waals surface area contributed by atoms with Crippen LogP contribution >= 0.6 is 0 Å². The first kappa shape index (κ1) is 13.2. The van der Waals surface area contributed by atoms with Gasteiger partial charge in [0.2, 0.25) is 17.7 Å². The molecule has 0 saturated carbocycles. The molecule has 1 saturated heterocycles. The fourth-order valence-corrected chi connectivity index (χ4v) is 1.78. The highest BCUT2D eigenvalue weighted by molar-refractivity contribution is 6.02. The molecule has 0 spiro atoms. The maximum absolute atomic E-state index is 11.7. The van der Waals surface area contributed by atoms with E-state index in [0.717, 1.165) is 10.5 Å². The van der Waals surface area contributed by atoms with Crippen LogP contribution in [0.1, 0.15) is 5.56 Å². The second-order valence-electron chi connectivity index (χ2n) is 4.24. The molecule has 100 valence electrons. The van der Waals surface area contributed by atoms with Gasteiger partial charge in [-0.15, -0.1) is 0 Å². The first-order chi connectivity index (χ1) is 9.16. The Kier molecular flexibility index (Phi) is 4.25. The minimum Gasteiger partial charge on any atom is -0.350 e. The van der Waals surface area contributed by atoms with Gasteiger partial charge in [-0.25, -0.2) is 0 Å². The lowest BCUT2D eigenvalue weighted by molar-refractivity contribution is -0.149. The number of piperazine rings is 1. The number of carbonyl (C=O) groups is 3. The predicted molar refractivity (Wildman–Crippen MR) is 67.9 cm³/mol. The lowest BCUT2D eigenvalue weighted by Crippen LogP contribution is -2.54. The van der Waals surface area contributed by atoms with Gasteiger partial charge in [0.25, 0.3) is 0 Å². The van der Waals surface area contributed by atoms with E-state index in [9.17, 15) is 14.4 Å². The fourth-order valence-electron chi connectivity index (χ4n) is 1.78. The molecule has 2 rings (SSSR count). The first-order valence-corrected chi connectivity index (χ1v) is 6.01. The third-order valence-electron chi connectivity index (χ3n) is 2.79. The number of nitrogens with one attached hydrogen (secondary N) is 2. The van der Waals surface area contributed by atoms with E-state index in [1.54, 1.807) is 0 Å². The molecule has 1 aliphatic rings. The smallest absolute Gasteiger partial charge is 0.243 e. The van der Waals surface area contributed by atoms with Crippen LogP contribution in [0, 0.1) is 0 Å². The van der Waals surface area contributed by atoms with Gasteiger partial charge in [0.1, 0.15) is 6.54 Å². The molecule has 0 radical (unpaired) electrons. The zero-order valence-electron chi connectivity index (χ0n) is 10.4. The molecule has 0 bridgehead atoms. The van der Waals surface area contributed by atoms with Gasteiger partial charge in [-0.3, -0.25) is 24.6 Å². The summed E-state index contributed by atoms with van der Waals surface area (Å²) in [6.07, 6.45) is 0. The van der Waals surface area contributed by atoms with Crippen LogP contribution in [0.5, 0.6) is 0 Å². The van der Waals surface area contributed by atoms with Gasteiger partial charge in [-0.05, 0) is 5.56 Å². The lowest BCUT2D eigenvalue weighted by atomic mass is 10.2. The average molecular weight is 261 g/mol. The fraction of sp³-hybridized carbons (Fsp3) is 0.308. The van der Waals surface area contributed by atoms with Crippen molar-refractivity contribution in [1.29, 1.82) is 0 Å². The van der Waals surface area contributed by atoms with E-state index in [-0.39, 0.29) is 37.4 Å². The molecule has 1 aromatic carbocycles. The van der Waals surface area contributed by atoms with Crippen molar-refractivity contribution >= 4 is 17.7 Å². The maximum Gasteiger partial charge on any atom is 0.243 e. The second kappa shape index (κ2) is 6.10. The monoisotopic (exact) mass is 261 g/mol. The lowest BCUT2D eigenvalue weighted by Gasteiger charge is -2.24. The molecule has 1 aromatic rings. The van der Waals surface area contributed by atoms with Crippen molar-refractivity contribution < 1.29 is 14.4 Å². The summed E-state index contributed by atoms with van der Waals surface area (Å²) >= 11 is 0. The molecule has 2 N–H and O–H groups in total. The zero-order chi connectivity index (χ0) is 13.7. The molecular formula is C13H15N3O3. The Balaban J connectivity index is 1.84. The Morgan fingerprint density at radius 3 is 2.42 bits per heavy atom. The van der Waals surface area contributed by atoms with E-state index in [4.69, 9.17) is 0 Å². The first-order valence-electron chi connectivity index (χ1n) is 6.01. The van der Waals surface area contributed by atoms with Gasteiger partial charge < -0.3 is 5.32 Å². The normalized spacial score (nSPS) is 15.5. The number of amides is 3. The molecule has 0 atom stereocenters. The van der Waals surface area contributed by atoms with E-state index in [1.165, 1.54) is 0 Å². The molecular weight excluding hydrogens is 246 g/mol. The molecule has 0 aliphatic carbocycles. The summed E-state index contributed by atoms with van der Waals surface area (Å²) in [6, 6.07) is 9.43. The molecule has 6 heteroatoms. The van der Waals surface area contributed by atoms with Gasteiger partial charge in [0, 0.05) is 6.54 Å². The molecule has 3 amide bonds. The van der Waals surface area contributed by atoms with E-state index in [2.05, 4.69) is 10.6 Å². The van der Waals surface area contributed by atoms with E-state index < -0.39 is 0 Å². The number of benzene rings is 1. The number of nitrogens with zero attached hydrogens (tertiary/aromatic N) is 1. The summed E-state index contributed by atoms with van der Waals surface area (Å²) in [5.74, 6) is -1.08. The summed E-state index contributed by atoms with van der Waals surface area (Å²) < 4.78 is 0. The van der Waals surface area contributed by atoms with Crippen molar-refractivity contribution in [3.63, 3.8) is 0 Å². The van der Waals surface area contributed by atoms with Crippen molar-refractivity contribution in [3.8, 4) is 0 Å². The number of carbonyl (C=O) groups excluding carboxylic acids is 3. The average Bonchev–Trinajstić information content (AvgIpc) is 2.42. The summed E-state index contributed by atoms with van der Waals surface area (Å²) in [6.45, 7) is 0.357. The van der Waals surface area contributed by atoms with Crippen LogP contribution in [0.3, 0.4) is 0 Å². The summed E-state index contributed by atoms with van der Waals surface area (Å²) in [7, 11) is 0. The third-order valence-corrected chi connectivity index (χ3v) is 2.79. The molecule has 19 heavy (non-hydrogen) atoms. The topological polar surface area (TPSA) is 78.5 Å². The zero-order valence-corrected chi connectivity index (χ0v) is 10.4. The van der Waals surface area contributed by atoms with Gasteiger partial charge in [0.15, 0.2) is 0 Å². The quantitative estimate of drug-likeness (QED) is 0.700. The van der Waals surface area contributed by atoms with Crippen LogP contribution in [-0.4, -0.2) is 42.3 Å². The van der Waals surface area contributed by atoms with Gasteiger partial charge in [-0.1, -0.05) is 30.3 Å². The van der Waals surface area contributed by atoms with Crippen LogP contribution in [0.4, 0.5) is 0 Å². The number of imide groups is 1. The SMILES string of the molecule is O=C(CN1C(=O)CNCC1=O)NCc1ccccc1. The number of hydrogen-bond acceptors (Lipinski definition) is 4. The second-order valence-corrected chi connectivity index (χ2v) is 4.24. The van der Waals surface area contributed by atoms with Crippen molar-refractivity contribution in [1.82, 2.24) is 15.5 Å². The van der Waals surface area contributed by atoms with E-state index >= 15 is 0 Å². The Labute approximate surface area is 110 Å². The van der Waals surface area contributed by atoms with E-state index in [0.29, 0.717) is 6.54 Å². The van der Waals surface area contributed by atoms with Crippen molar-refractivity contribution in [3.05, 3.63) is 35.9 Å². The summed E-state index contributed by atoms with van der Waals surface area (Å²) in [5.41, 5.74) is 0.966. The number of hydrogen-bond donors (Lipinski definition) is 2. The molecule has 1 heterocycles. The predicted octanol–water partition coefficient (Wildman–Crippen LogP) is -0.739. The van der Waals surface area contributed by atoms with Crippen LogP contribution in [0.2, 0.25) is 0 Å². The van der Waals surface area contributed by atoms with Crippen molar-refractivity contribution in [2.75, 3.05) is 19.6 Å². The highest BCUT2D eigenvalue weighted by Gasteiger charge is 2.27. The van der Waals surface area contributed by atoms with Crippen LogP contribution in [0.25, 0.3) is 0 Å². The molecule has 1 fully saturated rings. The highest BCUT2D eigenvalue weighted by Crippen LogP contribution is 1.99. The van der Waals surface area contributed by atoms with Gasteiger partial charge in [0.05, 0.1) is 13.1 Å². The summed E-state index contributed by atoms with van der Waals surface area (Å²) in [4.78, 5) is 35.6. The molecule has 0 aromatic heterocycles. The largest absolute Gasteiger partial charge is 0.350 e. The highest BCUT2D eigenvalue weighted by atomic mass is 16.2. The van der Waals surface area contributed by atoms with Crippen molar-refractivity contribution in [2.45, 2.75) is 6.54 Å². The van der Waals surface area contributed by atoms with Crippen LogP contribution in [-0.2, 0) is 20.9 Å². The molecule has 6 nitrogen and oxygen atoms in total. The molecule has 1 aliphatic heterocycles. The Morgan fingerprint density at radius 2 is 1.79 bits per heavy atom. The summed E-state index contributed by atoms with van der Waals surface area (Å²) in [5, 5.41) is 5.35. The minimum atomic E-state index is -0.369.